The lowest BCUT2D eigenvalue weighted by molar-refractivity contribution is -0.115. The summed E-state index contributed by atoms with van der Waals surface area (Å²) in [7, 11) is 0. The molecule has 1 aromatic carbocycles. The highest BCUT2D eigenvalue weighted by atomic mass is 16.3. The molecule has 0 radical (unpaired) electrons. The van der Waals surface area contributed by atoms with Crippen molar-refractivity contribution in [1.82, 2.24) is 0 Å². The molecule has 1 aromatic heterocycles. The van der Waals surface area contributed by atoms with Gasteiger partial charge in [-0.05, 0) is 37.5 Å². The fraction of sp³-hybridized carbons (Fsp3) is 0.333. The number of fused-ring (bicyclic) bond motifs is 3. The molecule has 1 heterocycles. The zero-order chi connectivity index (χ0) is 13.2. The lowest BCUT2D eigenvalue weighted by Crippen LogP contribution is -2.09. The summed E-state index contributed by atoms with van der Waals surface area (Å²) in [5, 5.41) is 12.3. The van der Waals surface area contributed by atoms with Crippen molar-refractivity contribution in [2.75, 3.05) is 5.32 Å². The van der Waals surface area contributed by atoms with E-state index in [-0.39, 0.29) is 12.3 Å². The molecule has 1 amide bonds. The molecule has 0 bridgehead atoms. The molecule has 2 aromatic rings. The van der Waals surface area contributed by atoms with Crippen LogP contribution in [0.15, 0.2) is 22.6 Å². The number of anilines is 1. The van der Waals surface area contributed by atoms with Gasteiger partial charge in [0.05, 0.1) is 6.07 Å². The van der Waals surface area contributed by atoms with Crippen LogP contribution < -0.4 is 5.32 Å². The molecule has 0 spiro atoms. The van der Waals surface area contributed by atoms with Crippen LogP contribution in [0.25, 0.3) is 11.0 Å². The summed E-state index contributed by atoms with van der Waals surface area (Å²) in [6.45, 7) is 0. The lowest BCUT2D eigenvalue weighted by atomic mass is 9.96. The Balaban J connectivity index is 1.96. The average Bonchev–Trinajstić information content (AvgIpc) is 2.77. The number of hydrogen-bond donors (Lipinski definition) is 1. The quantitative estimate of drug-likeness (QED) is 0.895. The van der Waals surface area contributed by atoms with Crippen LogP contribution in [0, 0.1) is 11.3 Å². The van der Waals surface area contributed by atoms with Crippen molar-refractivity contribution >= 4 is 22.6 Å². The smallest absolute Gasteiger partial charge is 0.238 e. The molecule has 1 N–H and O–H groups in total. The minimum Gasteiger partial charge on any atom is -0.461 e. The second-order valence-electron chi connectivity index (χ2n) is 4.80. The largest absolute Gasteiger partial charge is 0.461 e. The van der Waals surface area contributed by atoms with Crippen molar-refractivity contribution in [2.45, 2.75) is 32.1 Å². The summed E-state index contributed by atoms with van der Waals surface area (Å²) in [6, 6.07) is 7.48. The van der Waals surface area contributed by atoms with Crippen LogP contribution in [0.4, 0.5) is 5.69 Å². The number of amides is 1. The van der Waals surface area contributed by atoms with Gasteiger partial charge in [0.25, 0.3) is 0 Å². The lowest BCUT2D eigenvalue weighted by Gasteiger charge is -2.08. The molecular formula is C15H14N2O2. The molecule has 1 aliphatic rings. The fourth-order valence-electron chi connectivity index (χ4n) is 2.62. The predicted octanol–water partition coefficient (Wildman–Crippen LogP) is 3.16. The van der Waals surface area contributed by atoms with Crippen LogP contribution in [0.5, 0.6) is 0 Å². The van der Waals surface area contributed by atoms with Gasteiger partial charge in [-0.25, -0.2) is 0 Å². The van der Waals surface area contributed by atoms with Gasteiger partial charge >= 0.3 is 0 Å². The molecule has 0 unspecified atom stereocenters. The second kappa shape index (κ2) is 4.77. The average molecular weight is 254 g/mol. The van der Waals surface area contributed by atoms with Gasteiger partial charge in [0.15, 0.2) is 0 Å². The highest BCUT2D eigenvalue weighted by Crippen LogP contribution is 2.33. The first kappa shape index (κ1) is 11.8. The Hall–Kier alpha value is -2.28. The molecule has 0 saturated heterocycles. The third-order valence-electron chi connectivity index (χ3n) is 3.48. The molecule has 0 saturated carbocycles. The number of aryl methyl sites for hydroxylation is 2. The maximum Gasteiger partial charge on any atom is 0.238 e. The number of nitrogens with one attached hydrogen (secondary N) is 1. The predicted molar refractivity (Wildman–Crippen MR) is 71.7 cm³/mol. The molecule has 1 aliphatic carbocycles. The summed E-state index contributed by atoms with van der Waals surface area (Å²) in [6.07, 6.45) is 4.28. The summed E-state index contributed by atoms with van der Waals surface area (Å²) < 4.78 is 5.83. The summed E-state index contributed by atoms with van der Waals surface area (Å²) in [4.78, 5) is 11.4. The van der Waals surface area contributed by atoms with Crippen molar-refractivity contribution in [2.24, 2.45) is 0 Å². The topological polar surface area (TPSA) is 66.0 Å². The van der Waals surface area contributed by atoms with Crippen molar-refractivity contribution in [1.29, 1.82) is 5.26 Å². The highest BCUT2D eigenvalue weighted by Gasteiger charge is 2.17. The minimum absolute atomic E-state index is 0.123. The van der Waals surface area contributed by atoms with Gasteiger partial charge in [-0.3, -0.25) is 4.79 Å². The summed E-state index contributed by atoms with van der Waals surface area (Å²) in [5.74, 6) is 0.806. The van der Waals surface area contributed by atoms with Crippen LogP contribution in [-0.2, 0) is 17.6 Å². The Kier molecular flexibility index (Phi) is 2.96. The second-order valence-corrected chi connectivity index (χ2v) is 4.80. The van der Waals surface area contributed by atoms with Crippen molar-refractivity contribution < 1.29 is 9.21 Å². The molecule has 0 aliphatic heterocycles. The van der Waals surface area contributed by atoms with E-state index in [1.165, 1.54) is 18.4 Å². The Labute approximate surface area is 111 Å². The summed E-state index contributed by atoms with van der Waals surface area (Å²) in [5.41, 5.74) is 2.88. The van der Waals surface area contributed by atoms with Crippen LogP contribution in [0.1, 0.15) is 30.6 Å². The van der Waals surface area contributed by atoms with Gasteiger partial charge in [0.2, 0.25) is 5.91 Å². The first-order valence-electron chi connectivity index (χ1n) is 6.49. The van der Waals surface area contributed by atoms with Gasteiger partial charge in [-0.1, -0.05) is 0 Å². The van der Waals surface area contributed by atoms with Crippen LogP contribution in [0.2, 0.25) is 0 Å². The SMILES string of the molecule is N#CCC(=O)Nc1ccc2oc3c(c2c1)CCCC3. The first-order valence-corrected chi connectivity index (χ1v) is 6.49. The number of nitriles is 1. The Morgan fingerprint density at radius 2 is 2.21 bits per heavy atom. The molecule has 96 valence electrons. The Morgan fingerprint density at radius 3 is 3.05 bits per heavy atom. The van der Waals surface area contributed by atoms with Crippen molar-refractivity contribution in [3.8, 4) is 6.07 Å². The van der Waals surface area contributed by atoms with E-state index in [1.54, 1.807) is 0 Å². The number of benzene rings is 1. The number of carbonyl (C=O) groups is 1. The van der Waals surface area contributed by atoms with Crippen LogP contribution in [-0.4, -0.2) is 5.91 Å². The fourth-order valence-corrected chi connectivity index (χ4v) is 2.62. The summed E-state index contributed by atoms with van der Waals surface area (Å²) >= 11 is 0. The molecule has 19 heavy (non-hydrogen) atoms. The number of hydrogen-bond acceptors (Lipinski definition) is 3. The van der Waals surface area contributed by atoms with E-state index in [1.807, 2.05) is 24.3 Å². The zero-order valence-electron chi connectivity index (χ0n) is 10.5. The normalized spacial score (nSPS) is 13.8. The molecule has 4 heteroatoms. The van der Waals surface area contributed by atoms with E-state index < -0.39 is 0 Å². The third-order valence-corrected chi connectivity index (χ3v) is 3.48. The monoisotopic (exact) mass is 254 g/mol. The van der Waals surface area contributed by atoms with E-state index in [9.17, 15) is 4.79 Å². The number of furan rings is 1. The third kappa shape index (κ3) is 2.19. The zero-order valence-corrected chi connectivity index (χ0v) is 10.5. The van der Waals surface area contributed by atoms with Gasteiger partial charge in [-0.2, -0.15) is 5.26 Å². The molecule has 0 atom stereocenters. The van der Waals surface area contributed by atoms with Crippen LogP contribution >= 0.6 is 0 Å². The van der Waals surface area contributed by atoms with Crippen molar-refractivity contribution in [3.05, 3.63) is 29.5 Å². The van der Waals surface area contributed by atoms with Crippen LogP contribution in [0.3, 0.4) is 0 Å². The van der Waals surface area contributed by atoms with Crippen molar-refractivity contribution in [3.63, 3.8) is 0 Å². The van der Waals surface area contributed by atoms with Gasteiger partial charge in [0, 0.05) is 23.1 Å². The van der Waals surface area contributed by atoms with Gasteiger partial charge < -0.3 is 9.73 Å². The minimum atomic E-state index is -0.279. The Bertz CT molecular complexity index is 679. The number of rotatable bonds is 2. The molecular weight excluding hydrogens is 240 g/mol. The highest BCUT2D eigenvalue weighted by molar-refractivity contribution is 5.95. The first-order chi connectivity index (χ1) is 9.28. The molecule has 3 rings (SSSR count). The van der Waals surface area contributed by atoms with E-state index in [4.69, 9.17) is 9.68 Å². The maximum absolute atomic E-state index is 11.4. The molecule has 0 fully saturated rings. The van der Waals surface area contributed by atoms with E-state index >= 15 is 0 Å². The molecule has 4 nitrogen and oxygen atoms in total. The maximum atomic E-state index is 11.4. The number of nitrogens with zero attached hydrogens (tertiary/aromatic N) is 1. The van der Waals surface area contributed by atoms with Gasteiger partial charge in [0.1, 0.15) is 17.8 Å². The van der Waals surface area contributed by atoms with E-state index in [2.05, 4.69) is 5.32 Å². The standard InChI is InChI=1S/C15H14N2O2/c16-8-7-15(18)17-10-5-6-14-12(9-10)11-3-1-2-4-13(11)19-14/h5-6,9H,1-4,7H2,(H,17,18). The van der Waals surface area contributed by atoms with Gasteiger partial charge in [-0.15, -0.1) is 0 Å². The number of carbonyl (C=O) groups excluding carboxylic acids is 1. The van der Waals surface area contributed by atoms with E-state index in [0.29, 0.717) is 0 Å². The Morgan fingerprint density at radius 1 is 1.37 bits per heavy atom. The van der Waals surface area contributed by atoms with E-state index in [0.717, 1.165) is 35.3 Å².